The van der Waals surface area contributed by atoms with Crippen LogP contribution < -0.4 is 60.9 Å². The van der Waals surface area contributed by atoms with Gasteiger partial charge in [0.25, 0.3) is 38.9 Å². The molecule has 5 atom stereocenters. The Morgan fingerprint density at radius 2 is 0.634 bits per heavy atom. The lowest BCUT2D eigenvalue weighted by Gasteiger charge is -2.09. The van der Waals surface area contributed by atoms with E-state index in [9.17, 15) is 57.5 Å². The van der Waals surface area contributed by atoms with E-state index >= 15 is 0 Å². The zero-order valence-corrected chi connectivity index (χ0v) is 84.8. The molecule has 3 amide bonds. The van der Waals surface area contributed by atoms with Crippen LogP contribution in [0.1, 0.15) is 111 Å². The molecule has 46 nitrogen and oxygen atoms in total. The summed E-state index contributed by atoms with van der Waals surface area (Å²) in [7, 11) is 4.22. The highest BCUT2D eigenvalue weighted by Crippen LogP contribution is 2.30. The maximum atomic E-state index is 12.3. The minimum Gasteiger partial charge on any atom is -0.497 e. The number of esters is 2. The molecule has 0 radical (unpaired) electrons. The Hall–Kier alpha value is -15.3. The molecule has 18 aromatic rings. The maximum Gasteiger partial charge on any atom is 0.318 e. The van der Waals surface area contributed by atoms with Crippen molar-refractivity contribution in [2.75, 3.05) is 21.3 Å². The van der Waals surface area contributed by atoms with Gasteiger partial charge in [0.1, 0.15) is 65.2 Å². The zero-order valence-electron chi connectivity index (χ0n) is 79.1. The lowest BCUT2D eigenvalue weighted by atomic mass is 10.2. The lowest BCUT2D eigenvalue weighted by Crippen LogP contribution is -2.23. The minimum atomic E-state index is -0.501. The first-order chi connectivity index (χ1) is 67.5. The number of fused-ring (bicyclic) bond motifs is 7. The Morgan fingerprint density at radius 3 is 1.01 bits per heavy atom. The SMILES string of the molecule is CC(C)n1ncc2c(=O)[nH]c(=S)[nH]c21.CC(Sc1nc2c(cnn2C(C)C)c(=O)[nH]1)C(N)=O.COC(=O)C(C)Sc1nc2c(cnn2-c2cccc(OC)c2)c(=O)[nH]1.COC(=O)C(C)Sc1nc2c(cnn2C(C)C)c(=O)[nH]1.Cc1cccc(-n2ncc3c(=O)[nH]c(SC(C)C(N)=O)nc32)c1.Cc1ccccc1-n1ncc2c(=O)[nH]c(=S)[nH]c21.Cc1ccccc1-n1ncc2c(=O)[nH]c(SC(C)C(N)=O)nc21. The highest BCUT2D eigenvalue weighted by atomic mass is 32.2. The van der Waals surface area contributed by atoms with Crippen molar-refractivity contribution in [3.8, 4) is 28.5 Å². The lowest BCUT2D eigenvalue weighted by molar-refractivity contribution is -0.140. The highest BCUT2D eigenvalue weighted by molar-refractivity contribution is 8.01. The van der Waals surface area contributed by atoms with Crippen molar-refractivity contribution >= 4 is 190 Å². The molecular weight excluding hydrogens is 1970 g/mol. The number of carbonyl (C=O) groups is 5. The fourth-order valence-corrected chi connectivity index (χ4v) is 17.4. The number of para-hydroxylation sites is 2. The summed E-state index contributed by atoms with van der Waals surface area (Å²) >= 11 is 15.5. The first-order valence-electron chi connectivity index (χ1n) is 43.1. The number of nitrogens with zero attached hydrogens (tertiary/aromatic N) is 19. The molecule has 740 valence electrons. The third-order valence-electron chi connectivity index (χ3n) is 20.5. The normalized spacial score (nSPS) is 12.2. The summed E-state index contributed by atoms with van der Waals surface area (Å²) < 4.78 is 26.7. The number of aromatic nitrogens is 28. The van der Waals surface area contributed by atoms with E-state index in [1.54, 1.807) is 86.8 Å². The predicted molar refractivity (Wildman–Crippen MR) is 547 cm³/mol. The second-order valence-corrected chi connectivity index (χ2v) is 39.3. The average molecular weight is 2070 g/mol. The number of ether oxygens (including phenoxy) is 3. The molecule has 14 heterocycles. The number of nitrogens with one attached hydrogen (secondary N) is 9. The monoisotopic (exact) mass is 2060 g/mol. The van der Waals surface area contributed by atoms with E-state index in [-0.39, 0.29) is 63.0 Å². The van der Waals surface area contributed by atoms with Gasteiger partial charge in [-0.25, -0.2) is 57.7 Å². The predicted octanol–water partition coefficient (Wildman–Crippen LogP) is 10.0. The molecule has 0 bridgehead atoms. The van der Waals surface area contributed by atoms with Crippen LogP contribution in [0.4, 0.5) is 0 Å². The average Bonchev–Trinajstić information content (AvgIpc) is 1.64. The molecule has 4 aromatic carbocycles. The van der Waals surface area contributed by atoms with Crippen LogP contribution in [0.2, 0.25) is 0 Å². The topological polar surface area (TPSA) is 642 Å². The fraction of sp³-hybridized carbons (Fsp3) is 0.281. The molecule has 0 aliphatic carbocycles. The summed E-state index contributed by atoms with van der Waals surface area (Å²) in [5.41, 5.74) is 23.9. The highest BCUT2D eigenvalue weighted by Gasteiger charge is 2.25. The van der Waals surface area contributed by atoms with E-state index < -0.39 is 49.9 Å². The van der Waals surface area contributed by atoms with Crippen LogP contribution in [0.25, 0.3) is 100.0 Å². The summed E-state index contributed by atoms with van der Waals surface area (Å²) in [5, 5.41) is 31.8. The van der Waals surface area contributed by atoms with Crippen LogP contribution in [-0.4, -0.2) is 215 Å². The fourth-order valence-electron chi connectivity index (χ4n) is 13.1. The molecule has 0 fully saturated rings. The molecule has 0 aliphatic heterocycles. The summed E-state index contributed by atoms with van der Waals surface area (Å²) in [5.74, 6) is -1.48. The van der Waals surface area contributed by atoms with Gasteiger partial charge in [0.2, 0.25) is 17.7 Å². The molecule has 0 saturated heterocycles. The number of thioether (sulfide) groups is 5. The zero-order chi connectivity index (χ0) is 103. The van der Waals surface area contributed by atoms with E-state index in [1.807, 2.05) is 153 Å². The van der Waals surface area contributed by atoms with Gasteiger partial charge in [-0.2, -0.15) is 35.7 Å². The summed E-state index contributed by atoms with van der Waals surface area (Å²) in [6.45, 7) is 26.1. The first kappa shape index (κ1) is 106. The second-order valence-electron chi connectivity index (χ2n) is 31.8. The Balaban J connectivity index is 0.000000149. The number of hydrogen-bond acceptors (Lipinski definition) is 34. The third-order valence-corrected chi connectivity index (χ3v) is 25.9. The Labute approximate surface area is 834 Å². The Kier molecular flexibility index (Phi) is 34.7. The van der Waals surface area contributed by atoms with E-state index in [0.29, 0.717) is 124 Å². The number of benzene rings is 4. The standard InChI is InChI=1S/C16H16N4O4S.2C15H15N5O2S.C12H16N4O3S.C12H10N4OS.C11H15N5O2S.C8H10N4OS/c1-9(15(22)24-3)25-16-18-13-12(14(21)19-16)8-17-20(13)10-5-4-6-11(7-10)23-2;1-8-4-3-5-10(6-8)20-13-11(7-17-20)14(22)19-15(18-13)23-9(2)12(16)21;1-8-5-3-4-6-11(8)20-13-10(7-17-20)14(22)19-15(18-13)23-9(2)12(16)21;1-6(2)16-9-8(5-13-16)10(17)15-12(14-9)20-7(3)11(18)19-4;1-7-4-2-3-5-9(7)16-10-8(6-13-16)11(17)15-12(18)14-10;1-5(2)16-9-7(4-13-16)10(18)15-11(14-9)19-6(3)8(12)17;1-4(2)12-6-5(3-9-12)7(13)11-8(14)10-6/h4-9H,1-3H3,(H,18,19,21);2*3-7,9H,1-2H3,(H2,16,21)(H,18,19,22);5-7H,1-4H3,(H,14,15,17);2-6H,1H3,(H2,14,15,17,18);4-6H,1-3H3,(H2,12,17)(H,14,15,18);3-4H,1-2H3,(H2,10,11,13,14). The van der Waals surface area contributed by atoms with E-state index in [2.05, 4.69) is 110 Å². The molecule has 142 heavy (non-hydrogen) atoms. The van der Waals surface area contributed by atoms with Gasteiger partial charge in [-0.15, -0.1) is 0 Å². The number of primary amides is 3. The van der Waals surface area contributed by atoms with Crippen molar-refractivity contribution in [2.24, 2.45) is 17.2 Å². The van der Waals surface area contributed by atoms with Crippen LogP contribution in [0, 0.1) is 30.3 Å². The van der Waals surface area contributed by atoms with Gasteiger partial charge >= 0.3 is 11.9 Å². The van der Waals surface area contributed by atoms with E-state index in [1.165, 1.54) is 51.4 Å². The number of amides is 3. The number of aromatic amines is 9. The summed E-state index contributed by atoms with van der Waals surface area (Å²) in [6.07, 6.45) is 10.5. The van der Waals surface area contributed by atoms with Crippen molar-refractivity contribution in [3.05, 3.63) is 239 Å². The van der Waals surface area contributed by atoms with Crippen molar-refractivity contribution in [3.63, 3.8) is 0 Å². The number of rotatable bonds is 23. The van der Waals surface area contributed by atoms with Gasteiger partial charge in [-0.05, 0) is 174 Å². The molecule has 18 rings (SSSR count). The van der Waals surface area contributed by atoms with Crippen LogP contribution in [0.15, 0.2) is 200 Å². The van der Waals surface area contributed by atoms with Gasteiger partial charge in [0.05, 0.1) is 103 Å². The Bertz CT molecular complexity index is 8340. The minimum absolute atomic E-state index is 0.0951. The molecule has 15 N–H and O–H groups in total. The van der Waals surface area contributed by atoms with E-state index in [4.69, 9.17) is 51.1 Å². The van der Waals surface area contributed by atoms with Crippen molar-refractivity contribution in [1.82, 2.24) is 138 Å². The van der Waals surface area contributed by atoms with Gasteiger partial charge in [-0.1, -0.05) is 113 Å². The van der Waals surface area contributed by atoms with Gasteiger partial charge in [0.15, 0.2) is 63.6 Å². The second kappa shape index (κ2) is 46.6. The van der Waals surface area contributed by atoms with Crippen LogP contribution in [-0.2, 0) is 33.4 Å². The number of hydrogen-bond donors (Lipinski definition) is 12. The van der Waals surface area contributed by atoms with Gasteiger partial charge in [-0.3, -0.25) is 67.5 Å². The maximum absolute atomic E-state index is 12.3. The van der Waals surface area contributed by atoms with Crippen molar-refractivity contribution in [2.45, 2.75) is 167 Å². The van der Waals surface area contributed by atoms with Crippen molar-refractivity contribution in [1.29, 1.82) is 0 Å². The van der Waals surface area contributed by atoms with Crippen LogP contribution in [0.3, 0.4) is 0 Å². The van der Waals surface area contributed by atoms with Crippen LogP contribution in [0.5, 0.6) is 5.75 Å². The number of carbonyl (C=O) groups excluding carboxylic acids is 5. The molecule has 0 spiro atoms. The quantitative estimate of drug-likeness (QED) is 0.0123. The van der Waals surface area contributed by atoms with Gasteiger partial charge < -0.3 is 66.3 Å². The van der Waals surface area contributed by atoms with Crippen LogP contribution >= 0.6 is 83.2 Å². The number of methoxy groups -OCH3 is 3. The van der Waals surface area contributed by atoms with Gasteiger partial charge in [0, 0.05) is 24.2 Å². The number of nitrogens with two attached hydrogens (primary N) is 3. The number of H-pyrrole nitrogens is 9. The Morgan fingerprint density at radius 1 is 0.331 bits per heavy atom. The van der Waals surface area contributed by atoms with Crippen molar-refractivity contribution < 1.29 is 38.2 Å². The third kappa shape index (κ3) is 25.1. The molecule has 0 aliphatic rings. The largest absolute Gasteiger partial charge is 0.497 e. The molecular formula is C89H97N31O15S7. The number of aryl methyl sites for hydroxylation is 3. The van der Waals surface area contributed by atoms with E-state index in [0.717, 1.165) is 92.6 Å². The molecule has 53 heteroatoms. The molecule has 14 aromatic heterocycles. The first-order valence-corrected chi connectivity index (χ1v) is 48.3. The summed E-state index contributed by atoms with van der Waals surface area (Å²) in [4.78, 5) is 186. The molecule has 5 unspecified atom stereocenters. The smallest absolute Gasteiger partial charge is 0.318 e. The summed E-state index contributed by atoms with van der Waals surface area (Å²) in [6, 6.07) is 30.9. The molecule has 0 saturated carbocycles.